The predicted octanol–water partition coefficient (Wildman–Crippen LogP) is 3.19. The summed E-state index contributed by atoms with van der Waals surface area (Å²) in [4.78, 5) is 17.0. The number of benzene rings is 2. The molecule has 0 saturated carbocycles. The van der Waals surface area contributed by atoms with Crippen LogP contribution in [0.4, 0.5) is 0 Å². The molecule has 2 aromatic carbocycles. The highest BCUT2D eigenvalue weighted by molar-refractivity contribution is 7.99. The molecule has 1 aromatic heterocycles. The summed E-state index contributed by atoms with van der Waals surface area (Å²) in [6.07, 6.45) is 1.56. The lowest BCUT2D eigenvalue weighted by atomic mass is 10.1. The average molecular weight is 296 g/mol. The highest BCUT2D eigenvalue weighted by Crippen LogP contribution is 2.36. The smallest absolute Gasteiger partial charge is 0.267 e. The van der Waals surface area contributed by atoms with Crippen LogP contribution in [0, 0.1) is 0 Å². The van der Waals surface area contributed by atoms with Crippen LogP contribution in [0.3, 0.4) is 0 Å². The van der Waals surface area contributed by atoms with Crippen LogP contribution in [0.25, 0.3) is 10.8 Å². The molecule has 0 unspecified atom stereocenters. The Morgan fingerprint density at radius 3 is 2.62 bits per heavy atom. The Hall–Kier alpha value is -2.53. The number of amides is 1. The topological polar surface area (TPSA) is 76.2 Å². The van der Waals surface area contributed by atoms with E-state index in [1.807, 2.05) is 36.4 Å². The van der Waals surface area contributed by atoms with Gasteiger partial charge in [-0.05, 0) is 29.7 Å². The van der Waals surface area contributed by atoms with Crippen LogP contribution in [-0.4, -0.2) is 16.0 Å². The Bertz CT molecular complexity index is 833. The number of aromatic nitrogens is 1. The van der Waals surface area contributed by atoms with Gasteiger partial charge >= 0.3 is 0 Å². The van der Waals surface area contributed by atoms with Crippen molar-refractivity contribution in [3.63, 3.8) is 0 Å². The number of phenols is 1. The second-order valence-electron chi connectivity index (χ2n) is 4.47. The first-order valence-electron chi connectivity index (χ1n) is 6.29. The van der Waals surface area contributed by atoms with E-state index < -0.39 is 5.91 Å². The van der Waals surface area contributed by atoms with Gasteiger partial charge in [-0.15, -0.1) is 0 Å². The number of carbonyl (C=O) groups is 1. The van der Waals surface area contributed by atoms with Crippen LogP contribution in [-0.2, 0) is 0 Å². The van der Waals surface area contributed by atoms with Gasteiger partial charge in [-0.3, -0.25) is 9.78 Å². The zero-order valence-electron chi connectivity index (χ0n) is 11.0. The number of aromatic hydroxyl groups is 1. The Morgan fingerprint density at radius 1 is 1.10 bits per heavy atom. The van der Waals surface area contributed by atoms with Gasteiger partial charge in [-0.25, -0.2) is 0 Å². The number of hydrogen-bond acceptors (Lipinski definition) is 4. The molecule has 0 spiro atoms. The summed E-state index contributed by atoms with van der Waals surface area (Å²) in [5.41, 5.74) is 5.48. The van der Waals surface area contributed by atoms with Gasteiger partial charge < -0.3 is 10.8 Å². The summed E-state index contributed by atoms with van der Waals surface area (Å²) in [7, 11) is 0. The molecule has 0 bridgehead atoms. The first-order chi connectivity index (χ1) is 10.1. The van der Waals surface area contributed by atoms with Crippen molar-refractivity contribution in [2.45, 2.75) is 9.79 Å². The fraction of sp³-hybridized carbons (Fsp3) is 0. The molecule has 3 aromatic rings. The number of fused-ring (bicyclic) bond motifs is 1. The fourth-order valence-corrected chi connectivity index (χ4v) is 3.06. The first kappa shape index (κ1) is 13.5. The van der Waals surface area contributed by atoms with Gasteiger partial charge in [0.25, 0.3) is 5.91 Å². The van der Waals surface area contributed by atoms with Crippen LogP contribution in [0.15, 0.2) is 64.5 Å². The van der Waals surface area contributed by atoms with Crippen LogP contribution in [0.1, 0.15) is 10.5 Å². The largest absolute Gasteiger partial charge is 0.507 e. The molecule has 0 saturated heterocycles. The standard InChI is InChI=1S/C16H12N2O2S/c17-16(20)13-9-10(7-8-18-13)21-15-6-5-14(19)11-3-1-2-4-12(11)15/h1-9,19H,(H2,17,20). The van der Waals surface area contributed by atoms with Gasteiger partial charge in [0, 0.05) is 21.4 Å². The number of carbonyl (C=O) groups excluding carboxylic acids is 1. The van der Waals surface area contributed by atoms with E-state index in [1.165, 1.54) is 11.8 Å². The molecule has 0 radical (unpaired) electrons. The van der Waals surface area contributed by atoms with Gasteiger partial charge in [0.1, 0.15) is 11.4 Å². The van der Waals surface area contributed by atoms with Crippen LogP contribution < -0.4 is 5.73 Å². The summed E-state index contributed by atoms with van der Waals surface area (Å²) < 4.78 is 0. The van der Waals surface area contributed by atoms with Crippen LogP contribution >= 0.6 is 11.8 Å². The van der Waals surface area contributed by atoms with Gasteiger partial charge in [0.2, 0.25) is 0 Å². The van der Waals surface area contributed by atoms with E-state index in [1.54, 1.807) is 18.3 Å². The maximum atomic E-state index is 11.2. The summed E-state index contributed by atoms with van der Waals surface area (Å²) in [5.74, 6) is -0.296. The van der Waals surface area contributed by atoms with E-state index in [-0.39, 0.29) is 11.4 Å². The number of pyridine rings is 1. The number of phenolic OH excluding ortho intramolecular Hbond substituents is 1. The molecule has 0 atom stereocenters. The molecule has 1 amide bonds. The molecule has 0 fully saturated rings. The minimum absolute atomic E-state index is 0.239. The zero-order chi connectivity index (χ0) is 14.8. The van der Waals surface area contributed by atoms with Crippen molar-refractivity contribution < 1.29 is 9.90 Å². The van der Waals surface area contributed by atoms with Crippen molar-refractivity contribution in [1.82, 2.24) is 4.98 Å². The number of primary amides is 1. The van der Waals surface area contributed by atoms with Gasteiger partial charge in [0.05, 0.1) is 0 Å². The molecule has 0 aliphatic carbocycles. The summed E-state index contributed by atoms with van der Waals surface area (Å²) in [6, 6.07) is 14.6. The molecular weight excluding hydrogens is 284 g/mol. The van der Waals surface area contributed by atoms with E-state index in [0.29, 0.717) is 0 Å². The lowest BCUT2D eigenvalue weighted by Crippen LogP contribution is -2.12. The molecule has 3 rings (SSSR count). The van der Waals surface area contributed by atoms with Gasteiger partial charge in [0.15, 0.2) is 0 Å². The average Bonchev–Trinajstić information content (AvgIpc) is 2.51. The van der Waals surface area contributed by atoms with E-state index in [4.69, 9.17) is 5.73 Å². The van der Waals surface area contributed by atoms with Crippen LogP contribution in [0.5, 0.6) is 5.75 Å². The second-order valence-corrected chi connectivity index (χ2v) is 5.59. The Morgan fingerprint density at radius 2 is 1.86 bits per heavy atom. The third-order valence-corrected chi connectivity index (χ3v) is 4.14. The van der Waals surface area contributed by atoms with E-state index in [0.717, 1.165) is 20.6 Å². The van der Waals surface area contributed by atoms with Crippen molar-refractivity contribution in [3.05, 3.63) is 60.4 Å². The van der Waals surface area contributed by atoms with Crippen molar-refractivity contribution >= 4 is 28.4 Å². The van der Waals surface area contributed by atoms with E-state index in [2.05, 4.69) is 4.98 Å². The molecule has 1 heterocycles. The molecule has 0 aliphatic rings. The minimum Gasteiger partial charge on any atom is -0.507 e. The first-order valence-corrected chi connectivity index (χ1v) is 7.11. The number of nitrogens with two attached hydrogens (primary N) is 1. The predicted molar refractivity (Wildman–Crippen MR) is 82.5 cm³/mol. The van der Waals surface area contributed by atoms with Crippen molar-refractivity contribution in [3.8, 4) is 5.75 Å². The molecule has 0 aliphatic heterocycles. The van der Waals surface area contributed by atoms with Crippen molar-refractivity contribution in [1.29, 1.82) is 0 Å². The Kier molecular flexibility index (Phi) is 3.50. The summed E-state index contributed by atoms with van der Waals surface area (Å²) in [5, 5.41) is 11.7. The monoisotopic (exact) mass is 296 g/mol. The van der Waals surface area contributed by atoms with Crippen molar-refractivity contribution in [2.24, 2.45) is 5.73 Å². The summed E-state index contributed by atoms with van der Waals surface area (Å²) in [6.45, 7) is 0. The lowest BCUT2D eigenvalue weighted by Gasteiger charge is -2.08. The maximum absolute atomic E-state index is 11.2. The van der Waals surface area contributed by atoms with Crippen LogP contribution in [0.2, 0.25) is 0 Å². The minimum atomic E-state index is -0.548. The van der Waals surface area contributed by atoms with E-state index in [9.17, 15) is 9.90 Å². The normalized spacial score (nSPS) is 10.7. The lowest BCUT2D eigenvalue weighted by molar-refractivity contribution is 0.0995. The molecule has 4 nitrogen and oxygen atoms in total. The molecule has 5 heteroatoms. The Labute approximate surface area is 125 Å². The quantitative estimate of drug-likeness (QED) is 0.778. The second kappa shape index (κ2) is 5.46. The SMILES string of the molecule is NC(=O)c1cc(Sc2ccc(O)c3ccccc23)ccn1. The third-order valence-electron chi connectivity index (χ3n) is 3.07. The number of rotatable bonds is 3. The number of hydrogen-bond donors (Lipinski definition) is 2. The maximum Gasteiger partial charge on any atom is 0.267 e. The van der Waals surface area contributed by atoms with Gasteiger partial charge in [-0.2, -0.15) is 0 Å². The molecular formula is C16H12N2O2S. The fourth-order valence-electron chi connectivity index (χ4n) is 2.08. The van der Waals surface area contributed by atoms with Gasteiger partial charge in [-0.1, -0.05) is 36.0 Å². The third kappa shape index (κ3) is 2.68. The van der Waals surface area contributed by atoms with Crippen molar-refractivity contribution in [2.75, 3.05) is 0 Å². The highest BCUT2D eigenvalue weighted by atomic mass is 32.2. The molecule has 21 heavy (non-hydrogen) atoms. The Balaban J connectivity index is 2.04. The highest BCUT2D eigenvalue weighted by Gasteiger charge is 2.08. The number of nitrogens with zero attached hydrogens (tertiary/aromatic N) is 1. The molecule has 3 N–H and O–H groups in total. The summed E-state index contributed by atoms with van der Waals surface area (Å²) >= 11 is 1.50. The molecule has 104 valence electrons. The van der Waals surface area contributed by atoms with E-state index >= 15 is 0 Å². The zero-order valence-corrected chi connectivity index (χ0v) is 11.8.